The van der Waals surface area contributed by atoms with Crippen LogP contribution in [-0.4, -0.2) is 82.3 Å². The van der Waals surface area contributed by atoms with E-state index in [4.69, 9.17) is 11.6 Å². The SMILES string of the molecule is O=C(c1ccc(Cl)c(S(=O)(=O)NC2CC2)c1)N1CCN([C@@H]2CCS(=O)(=O)C2)CC1. The summed E-state index contributed by atoms with van der Waals surface area (Å²) in [5.41, 5.74) is 0.280. The third kappa shape index (κ3) is 4.77. The van der Waals surface area contributed by atoms with Gasteiger partial charge in [0, 0.05) is 43.8 Å². The fourth-order valence-electron chi connectivity index (χ4n) is 3.86. The second kappa shape index (κ2) is 7.81. The van der Waals surface area contributed by atoms with Crippen molar-refractivity contribution in [2.75, 3.05) is 37.7 Å². The van der Waals surface area contributed by atoms with Crippen LogP contribution in [0.4, 0.5) is 0 Å². The number of sulfone groups is 1. The summed E-state index contributed by atoms with van der Waals surface area (Å²) in [6.07, 6.45) is 2.26. The lowest BCUT2D eigenvalue weighted by Crippen LogP contribution is -2.52. The summed E-state index contributed by atoms with van der Waals surface area (Å²) in [5, 5.41) is 0.0852. The normalized spacial score (nSPS) is 25.3. The summed E-state index contributed by atoms with van der Waals surface area (Å²) in [6, 6.07) is 4.29. The first-order chi connectivity index (χ1) is 13.6. The van der Waals surface area contributed by atoms with Gasteiger partial charge in [0.2, 0.25) is 10.0 Å². The van der Waals surface area contributed by atoms with E-state index in [9.17, 15) is 21.6 Å². The number of sulfonamides is 1. The number of nitrogens with one attached hydrogen (secondary N) is 1. The van der Waals surface area contributed by atoms with Gasteiger partial charge < -0.3 is 4.90 Å². The number of halogens is 1. The molecule has 1 N–H and O–H groups in total. The fourth-order valence-corrected chi connectivity index (χ4v) is 7.45. The molecule has 11 heteroatoms. The molecule has 1 amide bonds. The van der Waals surface area contributed by atoms with Crippen LogP contribution in [0.5, 0.6) is 0 Å². The molecule has 2 saturated heterocycles. The topological polar surface area (TPSA) is 104 Å². The number of hydrogen-bond acceptors (Lipinski definition) is 6. The molecule has 0 spiro atoms. The summed E-state index contributed by atoms with van der Waals surface area (Å²) in [5.74, 6) is 0.171. The van der Waals surface area contributed by atoms with Crippen LogP contribution >= 0.6 is 11.6 Å². The molecule has 2 aliphatic heterocycles. The Kier molecular flexibility index (Phi) is 5.67. The van der Waals surface area contributed by atoms with Gasteiger partial charge in [0.15, 0.2) is 9.84 Å². The van der Waals surface area contributed by atoms with Crippen LogP contribution in [0.25, 0.3) is 0 Å². The third-order valence-corrected chi connectivity index (χ3v) is 9.45. The molecule has 29 heavy (non-hydrogen) atoms. The molecular formula is C18H24ClN3O5S2. The summed E-state index contributed by atoms with van der Waals surface area (Å²) < 4.78 is 51.0. The van der Waals surface area contributed by atoms with Gasteiger partial charge in [-0.05, 0) is 37.5 Å². The third-order valence-electron chi connectivity index (χ3n) is 5.69. The number of amides is 1. The molecule has 0 bridgehead atoms. The second-order valence-corrected chi connectivity index (χ2v) is 12.2. The number of hydrogen-bond donors (Lipinski definition) is 1. The number of rotatable bonds is 5. The minimum absolute atomic E-state index is 0.0260. The Hall–Kier alpha value is -1.20. The zero-order valence-electron chi connectivity index (χ0n) is 15.9. The smallest absolute Gasteiger partial charge is 0.253 e. The number of carbonyl (C=O) groups is 1. The van der Waals surface area contributed by atoms with E-state index in [1.807, 2.05) is 0 Å². The Labute approximate surface area is 176 Å². The van der Waals surface area contributed by atoms with Crippen LogP contribution in [0.15, 0.2) is 23.1 Å². The molecule has 1 saturated carbocycles. The molecule has 1 atom stereocenters. The fraction of sp³-hybridized carbons (Fsp3) is 0.611. The van der Waals surface area contributed by atoms with E-state index < -0.39 is 19.9 Å². The lowest BCUT2D eigenvalue weighted by atomic mass is 10.1. The van der Waals surface area contributed by atoms with E-state index in [0.29, 0.717) is 32.6 Å². The highest BCUT2D eigenvalue weighted by Gasteiger charge is 2.35. The van der Waals surface area contributed by atoms with Gasteiger partial charge >= 0.3 is 0 Å². The first kappa shape index (κ1) is 21.0. The maximum absolute atomic E-state index is 12.9. The van der Waals surface area contributed by atoms with Crippen molar-refractivity contribution in [1.82, 2.24) is 14.5 Å². The van der Waals surface area contributed by atoms with Crippen LogP contribution in [0, 0.1) is 0 Å². The standard InChI is InChI=1S/C18H24ClN3O5S2/c19-16-4-1-13(11-17(16)29(26,27)20-14-2-3-14)18(23)22-8-6-21(7-9-22)15-5-10-28(24,25)12-15/h1,4,11,14-15,20H,2-3,5-10,12H2/t15-/m1/s1. The van der Waals surface area contributed by atoms with E-state index in [2.05, 4.69) is 9.62 Å². The predicted molar refractivity (Wildman–Crippen MR) is 109 cm³/mol. The molecule has 0 unspecified atom stereocenters. The lowest BCUT2D eigenvalue weighted by molar-refractivity contribution is 0.0587. The number of piperazine rings is 1. The summed E-state index contributed by atoms with van der Waals surface area (Å²) in [7, 11) is -6.71. The Morgan fingerprint density at radius 3 is 2.38 bits per heavy atom. The van der Waals surface area contributed by atoms with Crippen molar-refractivity contribution in [1.29, 1.82) is 0 Å². The van der Waals surface area contributed by atoms with E-state index in [1.165, 1.54) is 18.2 Å². The van der Waals surface area contributed by atoms with Gasteiger partial charge in [0.1, 0.15) is 4.90 Å². The van der Waals surface area contributed by atoms with E-state index in [-0.39, 0.29) is 45.0 Å². The van der Waals surface area contributed by atoms with Crippen LogP contribution in [0.1, 0.15) is 29.6 Å². The Bertz CT molecular complexity index is 1020. The Balaban J connectivity index is 1.43. The summed E-state index contributed by atoms with van der Waals surface area (Å²) in [6.45, 7) is 2.16. The van der Waals surface area contributed by atoms with Crippen molar-refractivity contribution < 1.29 is 21.6 Å². The van der Waals surface area contributed by atoms with Crippen molar-refractivity contribution in [3.05, 3.63) is 28.8 Å². The molecule has 3 fully saturated rings. The lowest BCUT2D eigenvalue weighted by Gasteiger charge is -2.37. The van der Waals surface area contributed by atoms with Crippen molar-refractivity contribution in [2.45, 2.75) is 36.2 Å². The molecule has 3 aliphatic rings. The molecule has 1 aromatic rings. The summed E-state index contributed by atoms with van der Waals surface area (Å²) >= 11 is 6.09. The molecule has 2 heterocycles. The first-order valence-corrected chi connectivity index (χ1v) is 13.4. The minimum Gasteiger partial charge on any atom is -0.336 e. The Morgan fingerprint density at radius 1 is 1.10 bits per heavy atom. The van der Waals surface area contributed by atoms with Gasteiger partial charge in [-0.2, -0.15) is 0 Å². The van der Waals surface area contributed by atoms with Crippen LogP contribution in [-0.2, 0) is 19.9 Å². The Morgan fingerprint density at radius 2 is 1.79 bits per heavy atom. The van der Waals surface area contributed by atoms with Gasteiger partial charge in [-0.25, -0.2) is 21.6 Å². The van der Waals surface area contributed by atoms with E-state index in [1.54, 1.807) is 4.90 Å². The number of benzene rings is 1. The maximum atomic E-state index is 12.9. The zero-order chi connectivity index (χ0) is 20.8. The van der Waals surface area contributed by atoms with Crippen LogP contribution < -0.4 is 4.72 Å². The van der Waals surface area contributed by atoms with Gasteiger partial charge in [-0.15, -0.1) is 0 Å². The average molecular weight is 462 g/mol. The highest BCUT2D eigenvalue weighted by Crippen LogP contribution is 2.27. The zero-order valence-corrected chi connectivity index (χ0v) is 18.3. The molecular weight excluding hydrogens is 438 g/mol. The van der Waals surface area contributed by atoms with Gasteiger partial charge in [-0.3, -0.25) is 9.69 Å². The average Bonchev–Trinajstić information content (AvgIpc) is 3.40. The van der Waals surface area contributed by atoms with E-state index >= 15 is 0 Å². The molecule has 1 aliphatic carbocycles. The van der Waals surface area contributed by atoms with Gasteiger partial charge in [-0.1, -0.05) is 11.6 Å². The van der Waals surface area contributed by atoms with Crippen molar-refractivity contribution >= 4 is 37.4 Å². The second-order valence-electron chi connectivity index (χ2n) is 7.93. The number of nitrogens with zero attached hydrogens (tertiary/aromatic N) is 2. The molecule has 160 valence electrons. The maximum Gasteiger partial charge on any atom is 0.253 e. The predicted octanol–water partition coefficient (Wildman–Crippen LogP) is 0.726. The molecule has 8 nitrogen and oxygen atoms in total. The number of carbonyl (C=O) groups excluding carboxylic acids is 1. The highest BCUT2D eigenvalue weighted by atomic mass is 35.5. The largest absolute Gasteiger partial charge is 0.336 e. The molecule has 4 rings (SSSR count). The minimum atomic E-state index is -3.76. The monoisotopic (exact) mass is 461 g/mol. The van der Waals surface area contributed by atoms with E-state index in [0.717, 1.165) is 12.8 Å². The van der Waals surface area contributed by atoms with Crippen LogP contribution in [0.3, 0.4) is 0 Å². The molecule has 0 radical (unpaired) electrons. The highest BCUT2D eigenvalue weighted by molar-refractivity contribution is 7.91. The van der Waals surface area contributed by atoms with Crippen LogP contribution in [0.2, 0.25) is 5.02 Å². The van der Waals surface area contributed by atoms with Crippen molar-refractivity contribution in [2.24, 2.45) is 0 Å². The van der Waals surface area contributed by atoms with Gasteiger partial charge in [0.05, 0.1) is 16.5 Å². The summed E-state index contributed by atoms with van der Waals surface area (Å²) in [4.78, 5) is 16.6. The van der Waals surface area contributed by atoms with Crippen molar-refractivity contribution in [3.8, 4) is 0 Å². The molecule has 0 aromatic heterocycles. The molecule has 1 aromatic carbocycles. The van der Waals surface area contributed by atoms with Gasteiger partial charge in [0.25, 0.3) is 5.91 Å². The van der Waals surface area contributed by atoms with Crippen molar-refractivity contribution in [3.63, 3.8) is 0 Å². The quantitative estimate of drug-likeness (QED) is 0.693. The first-order valence-electron chi connectivity index (χ1n) is 9.70.